The molecule has 3 unspecified atom stereocenters. The van der Waals surface area contributed by atoms with E-state index in [1.165, 1.54) is 48.5 Å². The lowest BCUT2D eigenvalue weighted by molar-refractivity contribution is 0.153. The Bertz CT molecular complexity index is 440. The molecule has 1 N–H and O–H groups in total. The van der Waals surface area contributed by atoms with Gasteiger partial charge in [0.05, 0.1) is 5.01 Å². The molecule has 2 aliphatic rings. The molecule has 1 aromatic heterocycles. The normalized spacial score (nSPS) is 33.5. The highest BCUT2D eigenvalue weighted by Crippen LogP contribution is 2.57. The van der Waals surface area contributed by atoms with Crippen LogP contribution in [0, 0.1) is 24.2 Å². The molecule has 2 bridgehead atoms. The lowest BCUT2D eigenvalue weighted by atomic mass is 9.70. The summed E-state index contributed by atoms with van der Waals surface area (Å²) in [6, 6.07) is 0.596. The Balaban J connectivity index is 1.76. The summed E-state index contributed by atoms with van der Waals surface area (Å²) in [7, 11) is 0. The van der Waals surface area contributed by atoms with Gasteiger partial charge in [-0.05, 0) is 49.9 Å². The lowest BCUT2D eigenvalue weighted by Crippen LogP contribution is -2.42. The fourth-order valence-electron chi connectivity index (χ4n) is 4.30. The van der Waals surface area contributed by atoms with E-state index in [2.05, 4.69) is 37.3 Å². The van der Waals surface area contributed by atoms with Crippen LogP contribution < -0.4 is 5.32 Å². The monoisotopic (exact) mass is 278 g/mol. The van der Waals surface area contributed by atoms with Gasteiger partial charge in [-0.3, -0.25) is 0 Å². The van der Waals surface area contributed by atoms with Crippen LogP contribution in [0.15, 0.2) is 6.20 Å². The Morgan fingerprint density at radius 1 is 1.47 bits per heavy atom. The van der Waals surface area contributed by atoms with Gasteiger partial charge in [0.1, 0.15) is 0 Å². The third-order valence-electron chi connectivity index (χ3n) is 5.16. The van der Waals surface area contributed by atoms with E-state index in [1.54, 1.807) is 0 Å². The van der Waals surface area contributed by atoms with Crippen LogP contribution in [0.4, 0.5) is 0 Å². The molecule has 2 aliphatic carbocycles. The van der Waals surface area contributed by atoms with Crippen LogP contribution in [-0.2, 0) is 6.42 Å². The van der Waals surface area contributed by atoms with Crippen molar-refractivity contribution < 1.29 is 0 Å². The van der Waals surface area contributed by atoms with Gasteiger partial charge in [0.15, 0.2) is 0 Å². The first kappa shape index (κ1) is 13.6. The minimum absolute atomic E-state index is 0.520. The predicted octanol–water partition coefficient (Wildman–Crippen LogP) is 3.80. The first-order valence-electron chi connectivity index (χ1n) is 7.72. The van der Waals surface area contributed by atoms with Crippen LogP contribution in [0.25, 0.3) is 0 Å². The average Bonchev–Trinajstić information content (AvgIpc) is 3.03. The Morgan fingerprint density at radius 2 is 2.32 bits per heavy atom. The minimum atomic E-state index is 0.520. The second-order valence-corrected chi connectivity index (χ2v) is 8.32. The summed E-state index contributed by atoms with van der Waals surface area (Å²) in [5, 5.41) is 4.94. The van der Waals surface area contributed by atoms with Crippen molar-refractivity contribution in [1.29, 1.82) is 0 Å². The number of hydrogen-bond acceptors (Lipinski definition) is 3. The molecule has 0 radical (unpaired) electrons. The van der Waals surface area contributed by atoms with Crippen LogP contribution in [0.5, 0.6) is 0 Å². The summed E-state index contributed by atoms with van der Waals surface area (Å²) in [5.41, 5.74) is 0.520. The molecule has 2 fully saturated rings. The molecule has 3 atom stereocenters. The van der Waals surface area contributed by atoms with Crippen molar-refractivity contribution in [2.45, 2.75) is 58.9 Å². The van der Waals surface area contributed by atoms with E-state index in [1.807, 2.05) is 11.3 Å². The molecule has 2 nitrogen and oxygen atoms in total. The van der Waals surface area contributed by atoms with Crippen molar-refractivity contribution in [1.82, 2.24) is 10.3 Å². The van der Waals surface area contributed by atoms with Crippen molar-refractivity contribution in [3.8, 4) is 0 Å². The maximum absolute atomic E-state index is 4.45. The van der Waals surface area contributed by atoms with Crippen LogP contribution in [0.1, 0.15) is 49.4 Å². The largest absolute Gasteiger partial charge is 0.314 e. The highest BCUT2D eigenvalue weighted by atomic mass is 32.1. The lowest BCUT2D eigenvalue weighted by Gasteiger charge is -2.38. The van der Waals surface area contributed by atoms with E-state index in [0.29, 0.717) is 11.5 Å². The molecule has 0 aliphatic heterocycles. The van der Waals surface area contributed by atoms with Gasteiger partial charge < -0.3 is 5.32 Å². The zero-order valence-corrected chi connectivity index (χ0v) is 13.2. The second-order valence-electron chi connectivity index (χ2n) is 7.00. The maximum atomic E-state index is 4.45. The van der Waals surface area contributed by atoms with Gasteiger partial charge in [-0.1, -0.05) is 20.3 Å². The van der Waals surface area contributed by atoms with Gasteiger partial charge in [-0.25, -0.2) is 4.98 Å². The predicted molar refractivity (Wildman–Crippen MR) is 81.6 cm³/mol. The summed E-state index contributed by atoms with van der Waals surface area (Å²) >= 11 is 1.90. The first-order valence-corrected chi connectivity index (χ1v) is 8.54. The summed E-state index contributed by atoms with van der Waals surface area (Å²) in [6.45, 7) is 7.84. The zero-order valence-electron chi connectivity index (χ0n) is 12.4. The van der Waals surface area contributed by atoms with Gasteiger partial charge >= 0.3 is 0 Å². The first-order chi connectivity index (χ1) is 9.07. The molecule has 2 saturated carbocycles. The van der Waals surface area contributed by atoms with Crippen molar-refractivity contribution >= 4 is 11.3 Å². The summed E-state index contributed by atoms with van der Waals surface area (Å²) in [6.07, 6.45) is 9.23. The SMILES string of the molecule is Cc1ncc(CC2(CNC(C)C)CC3CCC2C3)s1. The number of aryl methyl sites for hydroxylation is 1. The molecule has 0 amide bonds. The van der Waals surface area contributed by atoms with Gasteiger partial charge in [0.25, 0.3) is 0 Å². The number of thiazole rings is 1. The number of nitrogens with zero attached hydrogens (tertiary/aromatic N) is 1. The van der Waals surface area contributed by atoms with Gasteiger partial charge in [0.2, 0.25) is 0 Å². The van der Waals surface area contributed by atoms with E-state index >= 15 is 0 Å². The number of fused-ring (bicyclic) bond motifs is 2. The van der Waals surface area contributed by atoms with Gasteiger partial charge in [-0.2, -0.15) is 0 Å². The molecule has 106 valence electrons. The molecule has 0 spiro atoms. The fraction of sp³-hybridized carbons (Fsp3) is 0.812. The Morgan fingerprint density at radius 3 is 2.84 bits per heavy atom. The van der Waals surface area contributed by atoms with Crippen molar-refractivity contribution in [2.75, 3.05) is 6.54 Å². The van der Waals surface area contributed by atoms with E-state index in [-0.39, 0.29) is 0 Å². The van der Waals surface area contributed by atoms with E-state index in [0.717, 1.165) is 11.8 Å². The van der Waals surface area contributed by atoms with E-state index in [4.69, 9.17) is 0 Å². The Kier molecular flexibility index (Phi) is 3.69. The van der Waals surface area contributed by atoms with E-state index in [9.17, 15) is 0 Å². The molecular formula is C16H26N2S. The van der Waals surface area contributed by atoms with Crippen LogP contribution in [-0.4, -0.2) is 17.6 Å². The number of nitrogens with one attached hydrogen (secondary N) is 1. The minimum Gasteiger partial charge on any atom is -0.314 e. The molecule has 3 heteroatoms. The molecule has 0 aromatic carbocycles. The maximum Gasteiger partial charge on any atom is 0.0896 e. The van der Waals surface area contributed by atoms with Crippen molar-refractivity contribution in [3.05, 3.63) is 16.1 Å². The molecule has 3 rings (SSSR count). The molecule has 0 saturated heterocycles. The Hall–Kier alpha value is -0.410. The van der Waals surface area contributed by atoms with Crippen LogP contribution >= 0.6 is 11.3 Å². The molecule has 19 heavy (non-hydrogen) atoms. The topological polar surface area (TPSA) is 24.9 Å². The molecule has 1 aromatic rings. The quantitative estimate of drug-likeness (QED) is 0.886. The highest BCUT2D eigenvalue weighted by molar-refractivity contribution is 7.11. The standard InChI is InChI=1S/C16H26N2S/c1-11(2)18-10-16(7-13-4-5-14(16)6-13)8-15-9-17-12(3)19-15/h9,11,13-14,18H,4-8,10H2,1-3H3. The molecular weight excluding hydrogens is 252 g/mol. The fourth-order valence-corrected chi connectivity index (χ4v) is 5.24. The summed E-state index contributed by atoms with van der Waals surface area (Å²) < 4.78 is 0. The average molecular weight is 278 g/mol. The highest BCUT2D eigenvalue weighted by Gasteiger charge is 2.50. The van der Waals surface area contributed by atoms with Crippen molar-refractivity contribution in [2.24, 2.45) is 17.3 Å². The van der Waals surface area contributed by atoms with Crippen LogP contribution in [0.3, 0.4) is 0 Å². The third-order valence-corrected chi connectivity index (χ3v) is 6.07. The van der Waals surface area contributed by atoms with Gasteiger partial charge in [-0.15, -0.1) is 11.3 Å². The number of rotatable bonds is 5. The van der Waals surface area contributed by atoms with Crippen molar-refractivity contribution in [3.63, 3.8) is 0 Å². The summed E-state index contributed by atoms with van der Waals surface area (Å²) in [5.74, 6) is 1.96. The number of hydrogen-bond donors (Lipinski definition) is 1. The zero-order chi connectivity index (χ0) is 13.5. The smallest absolute Gasteiger partial charge is 0.0896 e. The molecule has 1 heterocycles. The van der Waals surface area contributed by atoms with E-state index < -0.39 is 0 Å². The van der Waals surface area contributed by atoms with Crippen LogP contribution in [0.2, 0.25) is 0 Å². The van der Waals surface area contributed by atoms with Gasteiger partial charge in [0, 0.05) is 23.7 Å². The Labute approximate surface area is 121 Å². The number of aromatic nitrogens is 1. The second kappa shape index (κ2) is 5.17. The third kappa shape index (κ3) is 2.73. The summed E-state index contributed by atoms with van der Waals surface area (Å²) in [4.78, 5) is 5.94.